The maximum atomic E-state index is 4.72. The number of benzene rings is 1. The second kappa shape index (κ2) is 10.3. The zero-order valence-electron chi connectivity index (χ0n) is 18.1. The Bertz CT molecular complexity index is 913. The molecule has 0 saturated carbocycles. The van der Waals surface area contributed by atoms with Crippen molar-refractivity contribution in [3.63, 3.8) is 0 Å². The predicted molar refractivity (Wildman–Crippen MR) is 131 cm³/mol. The summed E-state index contributed by atoms with van der Waals surface area (Å²) >= 11 is 1.87. The van der Waals surface area contributed by atoms with E-state index in [0.717, 1.165) is 38.5 Å². The molecule has 160 valence electrons. The molecule has 0 bridgehead atoms. The molecule has 4 rings (SSSR count). The van der Waals surface area contributed by atoms with Crippen molar-refractivity contribution in [2.45, 2.75) is 38.9 Å². The van der Waals surface area contributed by atoms with E-state index in [2.05, 4.69) is 77.0 Å². The summed E-state index contributed by atoms with van der Waals surface area (Å²) < 4.78 is 0. The minimum Gasteiger partial charge on any atom is -0.360 e. The fourth-order valence-electron chi connectivity index (χ4n) is 4.26. The average Bonchev–Trinajstić information content (AvgIpc) is 2.99. The second-order valence-corrected chi connectivity index (χ2v) is 9.17. The zero-order chi connectivity index (χ0) is 20.8. The van der Waals surface area contributed by atoms with Crippen LogP contribution in [0.1, 0.15) is 37.5 Å². The number of thioether (sulfide) groups is 1. The van der Waals surface area contributed by atoms with Gasteiger partial charge in [-0.1, -0.05) is 48.1 Å². The third-order valence-corrected chi connectivity index (χ3v) is 6.70. The van der Waals surface area contributed by atoms with E-state index in [-0.39, 0.29) is 1.43 Å². The lowest BCUT2D eigenvalue weighted by atomic mass is 10.1. The number of hydrogen-bond acceptors (Lipinski definition) is 5. The summed E-state index contributed by atoms with van der Waals surface area (Å²) in [6.07, 6.45) is 12.5. The first kappa shape index (κ1) is 21.2. The van der Waals surface area contributed by atoms with Crippen LogP contribution in [-0.4, -0.2) is 36.4 Å². The first-order chi connectivity index (χ1) is 14.7. The van der Waals surface area contributed by atoms with Gasteiger partial charge in [0.25, 0.3) is 0 Å². The molecular formula is C25H34N4S. The van der Waals surface area contributed by atoms with Gasteiger partial charge in [0.2, 0.25) is 0 Å². The van der Waals surface area contributed by atoms with Gasteiger partial charge in [-0.25, -0.2) is 0 Å². The van der Waals surface area contributed by atoms with E-state index < -0.39 is 0 Å². The van der Waals surface area contributed by atoms with Gasteiger partial charge in [0.15, 0.2) is 0 Å². The lowest BCUT2D eigenvalue weighted by Crippen LogP contribution is -2.39. The summed E-state index contributed by atoms with van der Waals surface area (Å²) in [6.45, 7) is 4.63. The molecule has 0 radical (unpaired) electrons. The predicted octanol–water partition coefficient (Wildman–Crippen LogP) is 5.18. The van der Waals surface area contributed by atoms with Crippen molar-refractivity contribution in [3.05, 3.63) is 82.0 Å². The molecule has 2 heterocycles. The Kier molecular flexibility index (Phi) is 7.26. The van der Waals surface area contributed by atoms with Crippen LogP contribution >= 0.6 is 11.8 Å². The summed E-state index contributed by atoms with van der Waals surface area (Å²) in [5, 5.41) is 3.61. The normalized spacial score (nSPS) is 17.2. The molecular weight excluding hydrogens is 388 g/mol. The summed E-state index contributed by atoms with van der Waals surface area (Å²) in [5.41, 5.74) is 6.60. The Morgan fingerprint density at radius 1 is 1.13 bits per heavy atom. The largest absolute Gasteiger partial charge is 0.360 e. The van der Waals surface area contributed by atoms with Gasteiger partial charge in [0.05, 0.1) is 24.2 Å². The van der Waals surface area contributed by atoms with E-state index >= 15 is 0 Å². The first-order valence-electron chi connectivity index (χ1n) is 10.8. The van der Waals surface area contributed by atoms with Crippen molar-refractivity contribution in [3.8, 4) is 0 Å². The summed E-state index contributed by atoms with van der Waals surface area (Å²) in [7, 11) is 2.16. The lowest BCUT2D eigenvalue weighted by Gasteiger charge is -2.36. The van der Waals surface area contributed by atoms with E-state index in [0.29, 0.717) is 0 Å². The van der Waals surface area contributed by atoms with Gasteiger partial charge in [0, 0.05) is 34.7 Å². The average molecular weight is 423 g/mol. The van der Waals surface area contributed by atoms with Crippen LogP contribution in [0.2, 0.25) is 0 Å². The molecule has 2 aromatic rings. The topological polar surface area (TPSA) is 31.4 Å². The molecule has 30 heavy (non-hydrogen) atoms. The van der Waals surface area contributed by atoms with Crippen LogP contribution in [-0.2, 0) is 19.6 Å². The van der Waals surface area contributed by atoms with Gasteiger partial charge in [-0.15, -0.1) is 11.8 Å². The molecule has 4 nitrogen and oxygen atoms in total. The Labute approximate surface area is 186 Å². The first-order valence-corrected chi connectivity index (χ1v) is 12.0. The van der Waals surface area contributed by atoms with Gasteiger partial charge in [0.1, 0.15) is 0 Å². The summed E-state index contributed by atoms with van der Waals surface area (Å²) in [5.74, 6) is 0. The monoisotopic (exact) mass is 422 g/mol. The number of aromatic nitrogens is 1. The van der Waals surface area contributed by atoms with Crippen molar-refractivity contribution in [2.75, 3.05) is 31.4 Å². The third-order valence-electron chi connectivity index (χ3n) is 5.84. The fourth-order valence-corrected chi connectivity index (χ4v) is 4.81. The number of anilines is 1. The standard InChI is InChI=1S/C25H32N4S.H2/c1-28-19-29(17-21-7-4-3-5-8-21)18-22-13-23(27-16-25(22)28)15-26-14-20-9-6-10-24(30-2)12-11-20;/h3-5,7-8,11-13,16,26H,6,9-10,14-15,17-19H2,1-2H3;1H. The number of hydrogen-bond donors (Lipinski definition) is 1. The minimum absolute atomic E-state index is 0. The molecule has 0 spiro atoms. The highest BCUT2D eigenvalue weighted by Gasteiger charge is 2.21. The number of allylic oxidation sites excluding steroid dienone is 3. The summed E-state index contributed by atoms with van der Waals surface area (Å²) in [4.78, 5) is 11.0. The van der Waals surface area contributed by atoms with Crippen LogP contribution in [0, 0.1) is 0 Å². The van der Waals surface area contributed by atoms with Crippen molar-refractivity contribution >= 4 is 17.4 Å². The van der Waals surface area contributed by atoms with Gasteiger partial charge < -0.3 is 10.2 Å². The fraction of sp³-hybridized carbons (Fsp3) is 0.400. The van der Waals surface area contributed by atoms with Crippen LogP contribution < -0.4 is 10.2 Å². The van der Waals surface area contributed by atoms with Gasteiger partial charge >= 0.3 is 0 Å². The minimum atomic E-state index is 0. The van der Waals surface area contributed by atoms with Crippen LogP contribution in [0.4, 0.5) is 5.69 Å². The Hall–Kier alpha value is -2.08. The maximum Gasteiger partial charge on any atom is 0.0710 e. The molecule has 1 aliphatic heterocycles. The van der Waals surface area contributed by atoms with E-state index in [4.69, 9.17) is 4.98 Å². The Morgan fingerprint density at radius 2 is 2.00 bits per heavy atom. The Morgan fingerprint density at radius 3 is 2.83 bits per heavy atom. The van der Waals surface area contributed by atoms with Crippen LogP contribution in [0.3, 0.4) is 0 Å². The van der Waals surface area contributed by atoms with E-state index in [1.54, 1.807) is 0 Å². The van der Waals surface area contributed by atoms with Crippen molar-refractivity contribution in [2.24, 2.45) is 0 Å². The highest BCUT2D eigenvalue weighted by molar-refractivity contribution is 8.02. The van der Waals surface area contributed by atoms with Crippen LogP contribution in [0.15, 0.2) is 65.2 Å². The highest BCUT2D eigenvalue weighted by Crippen LogP contribution is 2.27. The number of fused-ring (bicyclic) bond motifs is 1. The molecule has 0 amide bonds. The van der Waals surface area contributed by atoms with Gasteiger partial charge in [-0.2, -0.15) is 0 Å². The van der Waals surface area contributed by atoms with Gasteiger partial charge in [-0.3, -0.25) is 9.88 Å². The number of pyridine rings is 1. The lowest BCUT2D eigenvalue weighted by molar-refractivity contribution is 0.248. The van der Waals surface area contributed by atoms with E-state index in [9.17, 15) is 0 Å². The molecule has 0 atom stereocenters. The second-order valence-electron chi connectivity index (χ2n) is 8.24. The molecule has 0 saturated heterocycles. The Balaban J connectivity index is 0.00000272. The number of nitrogens with one attached hydrogen (secondary N) is 1. The maximum absolute atomic E-state index is 4.72. The van der Waals surface area contributed by atoms with Crippen molar-refractivity contribution < 1.29 is 1.43 Å². The van der Waals surface area contributed by atoms with E-state index in [1.807, 2.05) is 18.0 Å². The molecule has 1 aliphatic carbocycles. The van der Waals surface area contributed by atoms with Gasteiger partial charge in [-0.05, 0) is 47.6 Å². The molecule has 1 N–H and O–H groups in total. The quantitative estimate of drug-likeness (QED) is 0.664. The number of nitrogens with zero attached hydrogens (tertiary/aromatic N) is 3. The molecule has 2 aliphatic rings. The van der Waals surface area contributed by atoms with Crippen LogP contribution in [0.25, 0.3) is 0 Å². The van der Waals surface area contributed by atoms with Crippen molar-refractivity contribution in [1.82, 2.24) is 15.2 Å². The van der Waals surface area contributed by atoms with Crippen molar-refractivity contribution in [1.29, 1.82) is 0 Å². The smallest absolute Gasteiger partial charge is 0.0710 e. The molecule has 1 aromatic carbocycles. The molecule has 0 fully saturated rings. The number of rotatable bonds is 7. The molecule has 0 unspecified atom stereocenters. The molecule has 5 heteroatoms. The molecule has 1 aromatic heterocycles. The SMILES string of the molecule is CSC1=CC=C(CNCc2cc3c(cn2)N(C)CN(Cc2ccccc2)C3)CCC1.[HH]. The summed E-state index contributed by atoms with van der Waals surface area (Å²) in [6, 6.07) is 13.0. The highest BCUT2D eigenvalue weighted by atomic mass is 32.2. The third kappa shape index (κ3) is 5.54. The zero-order valence-corrected chi connectivity index (χ0v) is 18.9. The van der Waals surface area contributed by atoms with E-state index in [1.165, 1.54) is 46.6 Å². The van der Waals surface area contributed by atoms with Crippen LogP contribution in [0.5, 0.6) is 0 Å².